The van der Waals surface area contributed by atoms with Crippen molar-refractivity contribution in [3.8, 4) is 5.75 Å². The minimum absolute atomic E-state index is 0.0142. The maximum absolute atomic E-state index is 12.3. The lowest BCUT2D eigenvalue weighted by molar-refractivity contribution is 0.0460. The largest absolute Gasteiger partial charge is 0.466 e. The van der Waals surface area contributed by atoms with E-state index in [4.69, 9.17) is 4.74 Å². The van der Waals surface area contributed by atoms with Gasteiger partial charge in [0.05, 0.1) is 5.56 Å². The van der Waals surface area contributed by atoms with Crippen LogP contribution in [0.2, 0.25) is 0 Å². The van der Waals surface area contributed by atoms with Crippen LogP contribution < -0.4 is 4.74 Å². The Bertz CT molecular complexity index is 536. The Labute approximate surface area is 107 Å². The molecule has 1 atom stereocenters. The number of hydrogen-bond donors (Lipinski definition) is 0. The van der Waals surface area contributed by atoms with Crippen LogP contribution in [0.25, 0.3) is 0 Å². The third-order valence-corrected chi connectivity index (χ3v) is 3.46. The van der Waals surface area contributed by atoms with Crippen LogP contribution in [0.4, 0.5) is 0 Å². The Balaban J connectivity index is 2.04. The van der Waals surface area contributed by atoms with E-state index in [1.807, 2.05) is 36.6 Å². The van der Waals surface area contributed by atoms with Gasteiger partial charge in [0.15, 0.2) is 6.23 Å². The van der Waals surface area contributed by atoms with E-state index in [0.29, 0.717) is 11.3 Å². The van der Waals surface area contributed by atoms with Crippen molar-refractivity contribution in [2.45, 2.75) is 6.23 Å². The maximum atomic E-state index is 12.3. The average molecular weight is 292 g/mol. The van der Waals surface area contributed by atoms with Gasteiger partial charge < -0.3 is 4.74 Å². The van der Waals surface area contributed by atoms with Gasteiger partial charge in [-0.05, 0) is 23.8 Å². The number of fused-ring (bicyclic) bond motifs is 2. The maximum Gasteiger partial charge on any atom is 0.264 e. The van der Waals surface area contributed by atoms with Gasteiger partial charge in [0, 0.05) is 11.5 Å². The number of halogens is 1. The fourth-order valence-electron chi connectivity index (χ4n) is 1.96. The zero-order chi connectivity index (χ0) is 11.8. The molecule has 0 aromatic heterocycles. The van der Waals surface area contributed by atoms with Crippen LogP contribution in [0.15, 0.2) is 48.2 Å². The summed E-state index contributed by atoms with van der Waals surface area (Å²) in [6, 6.07) is 7.32. The zero-order valence-electron chi connectivity index (χ0n) is 8.97. The van der Waals surface area contributed by atoms with Crippen LogP contribution in [0.5, 0.6) is 5.75 Å². The molecule has 0 bridgehead atoms. The van der Waals surface area contributed by atoms with E-state index in [1.54, 1.807) is 11.0 Å². The van der Waals surface area contributed by atoms with E-state index >= 15 is 0 Å². The van der Waals surface area contributed by atoms with Gasteiger partial charge in [-0.1, -0.05) is 34.1 Å². The molecule has 3 nitrogen and oxygen atoms in total. The normalized spacial score (nSPS) is 21.5. The summed E-state index contributed by atoms with van der Waals surface area (Å²) < 4.78 is 5.76. The quantitative estimate of drug-likeness (QED) is 0.745. The zero-order valence-corrected chi connectivity index (χ0v) is 10.6. The fourth-order valence-corrected chi connectivity index (χ4v) is 2.29. The van der Waals surface area contributed by atoms with E-state index in [9.17, 15) is 4.79 Å². The van der Waals surface area contributed by atoms with Crippen molar-refractivity contribution >= 4 is 21.8 Å². The second-order valence-electron chi connectivity index (χ2n) is 3.91. The van der Waals surface area contributed by atoms with Gasteiger partial charge in [-0.15, -0.1) is 0 Å². The number of nitrogens with zero attached hydrogens (tertiary/aromatic N) is 1. The standard InChI is InChI=1S/C13H10BrNO2/c14-7-9-5-6-12-15(8-9)13(16)10-3-1-2-4-11(10)17-12/h1-6,8,12H,7H2. The summed E-state index contributed by atoms with van der Waals surface area (Å²) in [4.78, 5) is 13.9. The van der Waals surface area contributed by atoms with Crippen LogP contribution in [-0.4, -0.2) is 22.4 Å². The summed E-state index contributed by atoms with van der Waals surface area (Å²) in [5, 5.41) is 0.724. The summed E-state index contributed by atoms with van der Waals surface area (Å²) in [5.74, 6) is 0.638. The van der Waals surface area contributed by atoms with Crippen LogP contribution in [-0.2, 0) is 0 Å². The number of ether oxygens (including phenoxy) is 1. The first-order chi connectivity index (χ1) is 8.29. The first kappa shape index (κ1) is 10.6. The second-order valence-corrected chi connectivity index (χ2v) is 4.47. The molecule has 1 aromatic carbocycles. The summed E-state index contributed by atoms with van der Waals surface area (Å²) in [7, 11) is 0. The monoisotopic (exact) mass is 291 g/mol. The Morgan fingerprint density at radius 2 is 2.18 bits per heavy atom. The first-order valence-corrected chi connectivity index (χ1v) is 6.45. The lowest BCUT2D eigenvalue weighted by Gasteiger charge is -2.35. The molecule has 0 fully saturated rings. The highest BCUT2D eigenvalue weighted by molar-refractivity contribution is 9.09. The molecule has 1 amide bonds. The first-order valence-electron chi connectivity index (χ1n) is 5.33. The predicted molar refractivity (Wildman–Crippen MR) is 68.0 cm³/mol. The van der Waals surface area contributed by atoms with Gasteiger partial charge in [0.25, 0.3) is 5.91 Å². The van der Waals surface area contributed by atoms with Crippen molar-refractivity contribution in [2.24, 2.45) is 0 Å². The SMILES string of the molecule is O=C1c2ccccc2OC2C=CC(CBr)=CN12. The average Bonchev–Trinajstić information content (AvgIpc) is 2.39. The van der Waals surface area contributed by atoms with E-state index < -0.39 is 0 Å². The van der Waals surface area contributed by atoms with Crippen molar-refractivity contribution in [3.05, 3.63) is 53.8 Å². The lowest BCUT2D eigenvalue weighted by atomic mass is 10.1. The van der Waals surface area contributed by atoms with Gasteiger partial charge >= 0.3 is 0 Å². The molecule has 86 valence electrons. The highest BCUT2D eigenvalue weighted by Crippen LogP contribution is 2.30. The van der Waals surface area contributed by atoms with Crippen LogP contribution in [0.1, 0.15) is 10.4 Å². The molecule has 0 radical (unpaired) electrons. The number of carbonyl (C=O) groups excluding carboxylic acids is 1. The number of rotatable bonds is 1. The number of para-hydroxylation sites is 1. The highest BCUT2D eigenvalue weighted by atomic mass is 79.9. The number of amides is 1. The topological polar surface area (TPSA) is 29.5 Å². The van der Waals surface area contributed by atoms with E-state index in [0.717, 1.165) is 10.9 Å². The van der Waals surface area contributed by atoms with Gasteiger partial charge in [-0.3, -0.25) is 9.69 Å². The minimum atomic E-state index is -0.319. The molecule has 2 aliphatic heterocycles. The number of hydrogen-bond acceptors (Lipinski definition) is 2. The van der Waals surface area contributed by atoms with Crippen molar-refractivity contribution in [1.82, 2.24) is 4.90 Å². The molecule has 0 spiro atoms. The molecule has 1 aromatic rings. The van der Waals surface area contributed by atoms with Crippen LogP contribution in [0, 0.1) is 0 Å². The smallest absolute Gasteiger partial charge is 0.264 e. The van der Waals surface area contributed by atoms with Gasteiger partial charge in [-0.25, -0.2) is 0 Å². The van der Waals surface area contributed by atoms with Gasteiger partial charge in [0.1, 0.15) is 5.75 Å². The third kappa shape index (κ3) is 1.69. The Morgan fingerprint density at radius 1 is 1.35 bits per heavy atom. The number of carbonyl (C=O) groups is 1. The van der Waals surface area contributed by atoms with E-state index in [1.165, 1.54) is 0 Å². The lowest BCUT2D eigenvalue weighted by Crippen LogP contribution is -2.44. The molecular formula is C13H10BrNO2. The van der Waals surface area contributed by atoms with Crippen molar-refractivity contribution in [3.63, 3.8) is 0 Å². The second kappa shape index (κ2) is 4.04. The van der Waals surface area contributed by atoms with Crippen molar-refractivity contribution in [1.29, 1.82) is 0 Å². The molecule has 17 heavy (non-hydrogen) atoms. The summed E-state index contributed by atoms with van der Waals surface area (Å²) >= 11 is 3.38. The Morgan fingerprint density at radius 3 is 3.00 bits per heavy atom. The Kier molecular flexibility index (Phi) is 2.52. The molecule has 2 heterocycles. The molecule has 2 aliphatic rings. The van der Waals surface area contributed by atoms with Gasteiger partial charge in [-0.2, -0.15) is 0 Å². The highest BCUT2D eigenvalue weighted by Gasteiger charge is 2.32. The number of alkyl halides is 1. The third-order valence-electron chi connectivity index (χ3n) is 2.81. The molecule has 3 rings (SSSR count). The molecular weight excluding hydrogens is 282 g/mol. The Hall–Kier alpha value is -1.55. The molecule has 4 heteroatoms. The van der Waals surface area contributed by atoms with Crippen molar-refractivity contribution < 1.29 is 9.53 Å². The van der Waals surface area contributed by atoms with Crippen LogP contribution >= 0.6 is 15.9 Å². The predicted octanol–water partition coefficient (Wildman–Crippen LogP) is 2.70. The molecule has 1 unspecified atom stereocenters. The minimum Gasteiger partial charge on any atom is -0.466 e. The summed E-state index contributed by atoms with van der Waals surface area (Å²) in [6.07, 6.45) is 5.37. The fraction of sp³-hybridized carbons (Fsp3) is 0.154. The molecule has 0 saturated carbocycles. The number of allylic oxidation sites excluding steroid dienone is 2. The number of benzene rings is 1. The molecule has 0 saturated heterocycles. The van der Waals surface area contributed by atoms with Crippen molar-refractivity contribution in [2.75, 3.05) is 5.33 Å². The summed E-state index contributed by atoms with van der Waals surface area (Å²) in [5.41, 5.74) is 1.67. The summed E-state index contributed by atoms with van der Waals surface area (Å²) in [6.45, 7) is 0. The van der Waals surface area contributed by atoms with Crippen LogP contribution in [0.3, 0.4) is 0 Å². The molecule has 0 N–H and O–H groups in total. The van der Waals surface area contributed by atoms with E-state index in [-0.39, 0.29) is 12.1 Å². The van der Waals surface area contributed by atoms with E-state index in [2.05, 4.69) is 15.9 Å². The molecule has 0 aliphatic carbocycles. The van der Waals surface area contributed by atoms with Gasteiger partial charge in [0.2, 0.25) is 0 Å².